The lowest BCUT2D eigenvalue weighted by Crippen LogP contribution is -2.06. The summed E-state index contributed by atoms with van der Waals surface area (Å²) in [4.78, 5) is 8.94. The Bertz CT molecular complexity index is 795. The van der Waals surface area contributed by atoms with E-state index in [0.29, 0.717) is 5.82 Å². The SMILES string of the molecule is Cc1c(N)nc(C(C)C)nc1Sc1nnc2ccccn12. The fraction of sp³-hybridized carbons (Fsp3) is 0.286. The molecule has 0 amide bonds. The Kier molecular flexibility index (Phi) is 3.50. The predicted octanol–water partition coefficient (Wildman–Crippen LogP) is 2.68. The van der Waals surface area contributed by atoms with Gasteiger partial charge in [-0.2, -0.15) is 0 Å². The zero-order valence-electron chi connectivity index (χ0n) is 12.1. The van der Waals surface area contributed by atoms with E-state index in [9.17, 15) is 0 Å². The highest BCUT2D eigenvalue weighted by molar-refractivity contribution is 7.99. The number of hydrogen-bond acceptors (Lipinski definition) is 6. The topological polar surface area (TPSA) is 82.0 Å². The number of anilines is 1. The van der Waals surface area contributed by atoms with Crippen LogP contribution in [0, 0.1) is 6.92 Å². The summed E-state index contributed by atoms with van der Waals surface area (Å²) in [5.41, 5.74) is 7.67. The third kappa shape index (κ3) is 2.56. The van der Waals surface area contributed by atoms with E-state index in [1.54, 1.807) is 0 Å². The molecule has 21 heavy (non-hydrogen) atoms. The van der Waals surface area contributed by atoms with Crippen LogP contribution in [0.15, 0.2) is 34.6 Å². The van der Waals surface area contributed by atoms with Crippen molar-refractivity contribution in [3.8, 4) is 0 Å². The normalized spacial score (nSPS) is 11.4. The third-order valence-electron chi connectivity index (χ3n) is 3.14. The van der Waals surface area contributed by atoms with Gasteiger partial charge in [0, 0.05) is 17.7 Å². The van der Waals surface area contributed by atoms with Gasteiger partial charge < -0.3 is 5.73 Å². The van der Waals surface area contributed by atoms with Crippen LogP contribution < -0.4 is 5.73 Å². The van der Waals surface area contributed by atoms with E-state index in [1.807, 2.05) is 49.6 Å². The summed E-state index contributed by atoms with van der Waals surface area (Å²) in [5.74, 6) is 1.49. The average Bonchev–Trinajstić information content (AvgIpc) is 2.87. The summed E-state index contributed by atoms with van der Waals surface area (Å²) in [6, 6.07) is 5.79. The molecule has 6 nitrogen and oxygen atoms in total. The molecule has 3 aromatic rings. The first-order chi connectivity index (χ1) is 10.1. The highest BCUT2D eigenvalue weighted by Gasteiger charge is 2.15. The Hall–Kier alpha value is -2.15. The van der Waals surface area contributed by atoms with Gasteiger partial charge in [-0.3, -0.25) is 4.40 Å². The number of nitrogen functional groups attached to an aromatic ring is 1. The maximum absolute atomic E-state index is 5.99. The molecule has 3 heterocycles. The van der Waals surface area contributed by atoms with Gasteiger partial charge in [-0.15, -0.1) is 10.2 Å². The van der Waals surface area contributed by atoms with Crippen LogP contribution in [0.4, 0.5) is 5.82 Å². The van der Waals surface area contributed by atoms with Crippen LogP contribution in [-0.2, 0) is 0 Å². The van der Waals surface area contributed by atoms with E-state index >= 15 is 0 Å². The van der Waals surface area contributed by atoms with Gasteiger partial charge in [0.1, 0.15) is 16.7 Å². The van der Waals surface area contributed by atoms with Crippen LogP contribution >= 0.6 is 11.8 Å². The first kappa shape index (κ1) is 13.8. The van der Waals surface area contributed by atoms with Gasteiger partial charge in [0.2, 0.25) is 5.16 Å². The van der Waals surface area contributed by atoms with E-state index in [1.165, 1.54) is 11.8 Å². The molecular weight excluding hydrogens is 284 g/mol. The largest absolute Gasteiger partial charge is 0.383 e. The highest BCUT2D eigenvalue weighted by Crippen LogP contribution is 2.30. The second-order valence-corrected chi connectivity index (χ2v) is 6.02. The number of hydrogen-bond donors (Lipinski definition) is 1. The van der Waals surface area contributed by atoms with E-state index in [-0.39, 0.29) is 5.92 Å². The third-order valence-corrected chi connectivity index (χ3v) is 4.19. The molecule has 0 radical (unpaired) electrons. The van der Waals surface area contributed by atoms with E-state index in [2.05, 4.69) is 20.2 Å². The van der Waals surface area contributed by atoms with E-state index < -0.39 is 0 Å². The number of rotatable bonds is 3. The van der Waals surface area contributed by atoms with Gasteiger partial charge in [-0.05, 0) is 30.8 Å². The van der Waals surface area contributed by atoms with Gasteiger partial charge in [-0.1, -0.05) is 19.9 Å². The quantitative estimate of drug-likeness (QED) is 0.749. The summed E-state index contributed by atoms with van der Waals surface area (Å²) in [7, 11) is 0. The molecule has 3 rings (SSSR count). The Balaban J connectivity index is 2.05. The molecule has 0 atom stereocenters. The Labute approximate surface area is 126 Å². The van der Waals surface area contributed by atoms with Crippen molar-refractivity contribution in [2.24, 2.45) is 0 Å². The zero-order valence-corrected chi connectivity index (χ0v) is 12.9. The Morgan fingerprint density at radius 3 is 2.76 bits per heavy atom. The lowest BCUT2D eigenvalue weighted by atomic mass is 10.2. The molecule has 0 bridgehead atoms. The van der Waals surface area contributed by atoms with Gasteiger partial charge in [0.05, 0.1) is 0 Å². The predicted molar refractivity (Wildman–Crippen MR) is 82.4 cm³/mol. The van der Waals surface area contributed by atoms with Crippen molar-refractivity contribution in [1.82, 2.24) is 24.6 Å². The summed E-state index contributed by atoms with van der Waals surface area (Å²) in [6.07, 6.45) is 1.93. The van der Waals surface area contributed by atoms with Gasteiger partial charge in [0.15, 0.2) is 5.65 Å². The molecule has 0 saturated carbocycles. The molecule has 0 fully saturated rings. The number of nitrogens with two attached hydrogens (primary N) is 1. The van der Waals surface area contributed by atoms with Crippen molar-refractivity contribution < 1.29 is 0 Å². The van der Waals surface area contributed by atoms with Gasteiger partial charge in [-0.25, -0.2) is 9.97 Å². The van der Waals surface area contributed by atoms with Crippen molar-refractivity contribution in [2.75, 3.05) is 5.73 Å². The van der Waals surface area contributed by atoms with Crippen molar-refractivity contribution >= 4 is 23.2 Å². The van der Waals surface area contributed by atoms with Gasteiger partial charge in [0.25, 0.3) is 0 Å². The molecule has 0 spiro atoms. The fourth-order valence-corrected chi connectivity index (χ4v) is 2.77. The van der Waals surface area contributed by atoms with Gasteiger partial charge >= 0.3 is 0 Å². The zero-order chi connectivity index (χ0) is 15.0. The standard InChI is InChI=1S/C14H16N6S/c1-8(2)12-16-11(15)9(3)13(17-12)21-14-19-18-10-6-4-5-7-20(10)14/h4-8H,1-3H3,(H2,15,16,17). The molecular formula is C14H16N6S. The minimum absolute atomic E-state index is 0.224. The molecule has 2 N–H and O–H groups in total. The monoisotopic (exact) mass is 300 g/mol. The average molecular weight is 300 g/mol. The molecule has 0 aliphatic heterocycles. The molecule has 0 saturated heterocycles. The second-order valence-electron chi connectivity index (χ2n) is 5.07. The minimum atomic E-state index is 0.224. The van der Waals surface area contributed by atoms with Crippen LogP contribution in [0.5, 0.6) is 0 Å². The Morgan fingerprint density at radius 1 is 1.19 bits per heavy atom. The van der Waals surface area contributed by atoms with E-state index in [4.69, 9.17) is 5.73 Å². The molecule has 0 aliphatic carbocycles. The number of fused-ring (bicyclic) bond motifs is 1. The molecule has 0 unspecified atom stereocenters. The van der Waals surface area contributed by atoms with Crippen LogP contribution in [0.3, 0.4) is 0 Å². The molecule has 108 valence electrons. The maximum atomic E-state index is 5.99. The Morgan fingerprint density at radius 2 is 2.00 bits per heavy atom. The lowest BCUT2D eigenvalue weighted by Gasteiger charge is -2.10. The lowest BCUT2D eigenvalue weighted by molar-refractivity contribution is 0.750. The molecule has 0 aliphatic rings. The minimum Gasteiger partial charge on any atom is -0.383 e. The van der Waals surface area contributed by atoms with Crippen molar-refractivity contribution in [3.63, 3.8) is 0 Å². The van der Waals surface area contributed by atoms with Crippen molar-refractivity contribution in [3.05, 3.63) is 35.8 Å². The summed E-state index contributed by atoms with van der Waals surface area (Å²) in [5, 5.41) is 9.94. The van der Waals surface area contributed by atoms with E-state index in [0.717, 1.165) is 27.2 Å². The highest BCUT2D eigenvalue weighted by atomic mass is 32.2. The molecule has 7 heteroatoms. The van der Waals surface area contributed by atoms with Crippen LogP contribution in [-0.4, -0.2) is 24.6 Å². The van der Waals surface area contributed by atoms with Crippen LogP contribution in [0.1, 0.15) is 31.2 Å². The molecule has 3 aromatic heterocycles. The summed E-state index contributed by atoms with van der Waals surface area (Å²) >= 11 is 1.45. The molecule has 0 aromatic carbocycles. The van der Waals surface area contributed by atoms with Crippen LogP contribution in [0.2, 0.25) is 0 Å². The van der Waals surface area contributed by atoms with Crippen LogP contribution in [0.25, 0.3) is 5.65 Å². The summed E-state index contributed by atoms with van der Waals surface area (Å²) in [6.45, 7) is 6.01. The first-order valence-corrected chi connectivity index (χ1v) is 7.49. The maximum Gasteiger partial charge on any atom is 0.201 e. The summed E-state index contributed by atoms with van der Waals surface area (Å²) < 4.78 is 1.93. The second kappa shape index (κ2) is 5.33. The smallest absolute Gasteiger partial charge is 0.201 e. The first-order valence-electron chi connectivity index (χ1n) is 6.68. The fourth-order valence-electron chi connectivity index (χ4n) is 1.86. The number of pyridine rings is 1. The number of nitrogens with zero attached hydrogens (tertiary/aromatic N) is 5. The van der Waals surface area contributed by atoms with Crippen molar-refractivity contribution in [1.29, 1.82) is 0 Å². The van der Waals surface area contributed by atoms with Crippen molar-refractivity contribution in [2.45, 2.75) is 36.9 Å². The number of aromatic nitrogens is 5.